The molecular weight excluding hydrogens is 348 g/mol. The number of nitrogens with zero attached hydrogens (tertiary/aromatic N) is 2. The van der Waals surface area contributed by atoms with Crippen molar-refractivity contribution < 1.29 is 4.79 Å². The fourth-order valence-corrected chi connectivity index (χ4v) is 3.14. The molecule has 0 aliphatic heterocycles. The lowest BCUT2D eigenvalue weighted by Gasteiger charge is -2.16. The van der Waals surface area contributed by atoms with Crippen LogP contribution in [0.25, 0.3) is 0 Å². The van der Waals surface area contributed by atoms with E-state index in [0.29, 0.717) is 17.4 Å². The van der Waals surface area contributed by atoms with Gasteiger partial charge in [-0.25, -0.2) is 9.97 Å². The van der Waals surface area contributed by atoms with Gasteiger partial charge in [-0.15, -0.1) is 0 Å². The molecule has 5 heteroatoms. The summed E-state index contributed by atoms with van der Waals surface area (Å²) in [6.07, 6.45) is 0. The summed E-state index contributed by atoms with van der Waals surface area (Å²) in [5.74, 6) is 0.765. The lowest BCUT2D eigenvalue weighted by atomic mass is 9.98. The van der Waals surface area contributed by atoms with E-state index in [1.807, 2.05) is 51.1 Å². The van der Waals surface area contributed by atoms with E-state index >= 15 is 0 Å². The first-order chi connectivity index (χ1) is 13.3. The van der Waals surface area contributed by atoms with Crippen molar-refractivity contribution in [1.82, 2.24) is 9.97 Å². The standard InChI is InChI=1S/C23H26N4O/c1-14(2)20-8-6-7-15(3)21(20)27-22(28)18-9-11-19(12-10-18)26-23-24-16(4)13-17(5)25-23/h6-14H,1-5H3,(H,27,28)(H,24,25,26). The van der Waals surface area contributed by atoms with Crippen molar-refractivity contribution in [2.24, 2.45) is 0 Å². The number of carbonyl (C=O) groups is 1. The van der Waals surface area contributed by atoms with E-state index in [4.69, 9.17) is 0 Å². The molecule has 0 fully saturated rings. The van der Waals surface area contributed by atoms with Crippen molar-refractivity contribution in [2.75, 3.05) is 10.6 Å². The van der Waals surface area contributed by atoms with Gasteiger partial charge in [-0.2, -0.15) is 0 Å². The molecule has 0 atom stereocenters. The minimum atomic E-state index is -0.120. The summed E-state index contributed by atoms with van der Waals surface area (Å²) in [6, 6.07) is 15.3. The maximum atomic E-state index is 12.7. The molecular formula is C23H26N4O. The van der Waals surface area contributed by atoms with Crippen LogP contribution >= 0.6 is 0 Å². The zero-order valence-electron chi connectivity index (χ0n) is 17.0. The van der Waals surface area contributed by atoms with Gasteiger partial charge in [0, 0.05) is 28.3 Å². The zero-order valence-corrected chi connectivity index (χ0v) is 17.0. The quantitative estimate of drug-likeness (QED) is 0.617. The molecule has 0 spiro atoms. The Labute approximate surface area is 166 Å². The monoisotopic (exact) mass is 374 g/mol. The third kappa shape index (κ3) is 4.55. The van der Waals surface area contributed by atoms with E-state index < -0.39 is 0 Å². The summed E-state index contributed by atoms with van der Waals surface area (Å²) in [5.41, 5.74) is 6.34. The predicted molar refractivity (Wildman–Crippen MR) is 114 cm³/mol. The van der Waals surface area contributed by atoms with Crippen molar-refractivity contribution >= 4 is 23.2 Å². The van der Waals surface area contributed by atoms with Crippen LogP contribution in [-0.2, 0) is 0 Å². The predicted octanol–water partition coefficient (Wildman–Crippen LogP) is 5.52. The number of anilines is 3. The van der Waals surface area contributed by atoms with Gasteiger partial charge in [0.2, 0.25) is 5.95 Å². The third-order valence-corrected chi connectivity index (χ3v) is 4.55. The number of benzene rings is 2. The lowest BCUT2D eigenvalue weighted by molar-refractivity contribution is 0.102. The minimum Gasteiger partial charge on any atom is -0.324 e. The van der Waals surface area contributed by atoms with E-state index in [0.717, 1.165) is 33.9 Å². The van der Waals surface area contributed by atoms with Crippen molar-refractivity contribution in [3.8, 4) is 0 Å². The Morgan fingerprint density at radius 1 is 0.929 bits per heavy atom. The first-order valence-electron chi connectivity index (χ1n) is 9.43. The molecule has 144 valence electrons. The Bertz CT molecular complexity index is 974. The van der Waals surface area contributed by atoms with Crippen LogP contribution in [0.4, 0.5) is 17.3 Å². The molecule has 1 amide bonds. The Balaban J connectivity index is 1.76. The van der Waals surface area contributed by atoms with E-state index in [9.17, 15) is 4.79 Å². The maximum Gasteiger partial charge on any atom is 0.255 e. The highest BCUT2D eigenvalue weighted by Crippen LogP contribution is 2.28. The van der Waals surface area contributed by atoms with Crippen LogP contribution < -0.4 is 10.6 Å². The third-order valence-electron chi connectivity index (χ3n) is 4.55. The second kappa shape index (κ2) is 8.21. The number of carbonyl (C=O) groups excluding carboxylic acids is 1. The topological polar surface area (TPSA) is 66.9 Å². The molecule has 0 unspecified atom stereocenters. The highest BCUT2D eigenvalue weighted by atomic mass is 16.1. The van der Waals surface area contributed by atoms with Crippen LogP contribution in [-0.4, -0.2) is 15.9 Å². The molecule has 0 saturated heterocycles. The molecule has 3 rings (SSSR count). The van der Waals surface area contributed by atoms with E-state index in [1.165, 1.54) is 0 Å². The SMILES string of the molecule is Cc1cc(C)nc(Nc2ccc(C(=O)Nc3c(C)cccc3C(C)C)cc2)n1. The number of aryl methyl sites for hydroxylation is 3. The van der Waals surface area contributed by atoms with Crippen molar-refractivity contribution in [3.05, 3.63) is 76.6 Å². The summed E-state index contributed by atoms with van der Waals surface area (Å²) in [5, 5.41) is 6.26. The van der Waals surface area contributed by atoms with Crippen molar-refractivity contribution in [2.45, 2.75) is 40.5 Å². The largest absolute Gasteiger partial charge is 0.324 e. The smallest absolute Gasteiger partial charge is 0.255 e. The number of nitrogens with one attached hydrogen (secondary N) is 2. The van der Waals surface area contributed by atoms with E-state index in [1.54, 1.807) is 12.1 Å². The highest BCUT2D eigenvalue weighted by Gasteiger charge is 2.13. The van der Waals surface area contributed by atoms with Gasteiger partial charge in [-0.05, 0) is 68.1 Å². The first-order valence-corrected chi connectivity index (χ1v) is 9.43. The van der Waals surface area contributed by atoms with E-state index in [-0.39, 0.29) is 5.91 Å². The number of aromatic nitrogens is 2. The molecule has 1 heterocycles. The van der Waals surface area contributed by atoms with Gasteiger partial charge in [0.25, 0.3) is 5.91 Å². The first kappa shape index (κ1) is 19.5. The fourth-order valence-electron chi connectivity index (χ4n) is 3.14. The summed E-state index contributed by atoms with van der Waals surface area (Å²) in [6.45, 7) is 10.1. The average molecular weight is 374 g/mol. The molecule has 1 aromatic heterocycles. The molecule has 28 heavy (non-hydrogen) atoms. The van der Waals surface area contributed by atoms with Crippen molar-refractivity contribution in [1.29, 1.82) is 0 Å². The molecule has 5 nitrogen and oxygen atoms in total. The van der Waals surface area contributed by atoms with Crippen LogP contribution in [0, 0.1) is 20.8 Å². The second-order valence-electron chi connectivity index (χ2n) is 7.32. The minimum absolute atomic E-state index is 0.120. The lowest BCUT2D eigenvalue weighted by Crippen LogP contribution is -2.14. The Morgan fingerprint density at radius 2 is 1.57 bits per heavy atom. The van der Waals surface area contributed by atoms with Crippen LogP contribution in [0.5, 0.6) is 0 Å². The number of hydrogen-bond acceptors (Lipinski definition) is 4. The Kier molecular flexibility index (Phi) is 5.73. The van der Waals surface area contributed by atoms with Crippen LogP contribution in [0.3, 0.4) is 0 Å². The zero-order chi connectivity index (χ0) is 20.3. The molecule has 0 saturated carbocycles. The molecule has 2 N–H and O–H groups in total. The van der Waals surface area contributed by atoms with Gasteiger partial charge in [-0.3, -0.25) is 4.79 Å². The summed E-state index contributed by atoms with van der Waals surface area (Å²) in [4.78, 5) is 21.5. The number of para-hydroxylation sites is 1. The normalized spacial score (nSPS) is 10.8. The van der Waals surface area contributed by atoms with Gasteiger partial charge in [0.05, 0.1) is 0 Å². The van der Waals surface area contributed by atoms with Gasteiger partial charge >= 0.3 is 0 Å². The highest BCUT2D eigenvalue weighted by molar-refractivity contribution is 6.05. The molecule has 0 aliphatic rings. The molecule has 2 aromatic carbocycles. The van der Waals surface area contributed by atoms with Crippen LogP contribution in [0.15, 0.2) is 48.5 Å². The molecule has 0 radical (unpaired) electrons. The molecule has 0 aliphatic carbocycles. The summed E-state index contributed by atoms with van der Waals surface area (Å²) in [7, 11) is 0. The number of rotatable bonds is 5. The van der Waals surface area contributed by atoms with Gasteiger partial charge in [-0.1, -0.05) is 32.0 Å². The Hall–Kier alpha value is -3.21. The Morgan fingerprint density at radius 3 is 2.18 bits per heavy atom. The summed E-state index contributed by atoms with van der Waals surface area (Å²) < 4.78 is 0. The average Bonchev–Trinajstić information content (AvgIpc) is 2.63. The summed E-state index contributed by atoms with van der Waals surface area (Å²) >= 11 is 0. The van der Waals surface area contributed by atoms with Gasteiger partial charge < -0.3 is 10.6 Å². The van der Waals surface area contributed by atoms with Gasteiger partial charge in [0.15, 0.2) is 0 Å². The second-order valence-corrected chi connectivity index (χ2v) is 7.32. The van der Waals surface area contributed by atoms with Gasteiger partial charge in [0.1, 0.15) is 0 Å². The van der Waals surface area contributed by atoms with Crippen molar-refractivity contribution in [3.63, 3.8) is 0 Å². The number of amides is 1. The maximum absolute atomic E-state index is 12.7. The van der Waals surface area contributed by atoms with E-state index in [2.05, 4.69) is 40.5 Å². The van der Waals surface area contributed by atoms with Crippen LogP contribution in [0.2, 0.25) is 0 Å². The molecule has 0 bridgehead atoms. The molecule has 3 aromatic rings. The van der Waals surface area contributed by atoms with Crippen LogP contribution in [0.1, 0.15) is 52.6 Å². The number of hydrogen-bond donors (Lipinski definition) is 2. The fraction of sp³-hybridized carbons (Fsp3) is 0.261.